The second kappa shape index (κ2) is 16.9. The average molecular weight is 784 g/mol. The molecule has 0 spiro atoms. The minimum atomic E-state index is -1.44. The van der Waals surface area contributed by atoms with Crippen molar-refractivity contribution in [2.24, 2.45) is 0 Å². The number of aromatic nitrogens is 4. The van der Waals surface area contributed by atoms with Crippen molar-refractivity contribution in [2.45, 2.75) is 31.5 Å². The number of aliphatic hydroxyl groups excluding tert-OH is 2. The number of nitrogens with zero attached hydrogens (tertiary/aromatic N) is 5. The Bertz CT molecular complexity index is 2210. The molecule has 0 bridgehead atoms. The van der Waals surface area contributed by atoms with Gasteiger partial charge in [0.05, 0.1) is 25.7 Å². The largest absolute Gasteiger partial charge is 0.495 e. The van der Waals surface area contributed by atoms with E-state index < -0.39 is 41.0 Å². The molecule has 0 aliphatic carbocycles. The maximum atomic E-state index is 12.8. The molecule has 2 aromatic heterocycles. The number of nitrogens with one attached hydrogen (secondary N) is 5. The molecule has 0 saturated carbocycles. The van der Waals surface area contributed by atoms with E-state index >= 15 is 0 Å². The van der Waals surface area contributed by atoms with Crippen molar-refractivity contribution in [3.8, 4) is 5.75 Å². The Labute approximate surface area is 318 Å². The Morgan fingerprint density at radius 2 is 1.80 bits per heavy atom. The summed E-state index contributed by atoms with van der Waals surface area (Å²) in [5, 5.41) is 33.4. The predicted octanol–water partition coefficient (Wildman–Crippen LogP) is -1.66. The van der Waals surface area contributed by atoms with E-state index in [1.807, 2.05) is 13.0 Å². The smallest absolute Gasteiger partial charge is 0.280 e. The number of methoxy groups -OCH3 is 1. The van der Waals surface area contributed by atoms with Crippen LogP contribution < -0.4 is 48.2 Å². The van der Waals surface area contributed by atoms with E-state index in [1.54, 1.807) is 24.2 Å². The molecule has 9 N–H and O–H groups in total. The lowest BCUT2D eigenvalue weighted by molar-refractivity contribution is -0.130. The summed E-state index contributed by atoms with van der Waals surface area (Å²) in [6.45, 7) is 5.04. The summed E-state index contributed by atoms with van der Waals surface area (Å²) in [6, 6.07) is 3.55. The number of nitrogen functional groups attached to an aromatic ring is 1. The van der Waals surface area contributed by atoms with Gasteiger partial charge in [-0.1, -0.05) is 17.7 Å². The first-order valence-electron chi connectivity index (χ1n) is 17.4. The quantitative estimate of drug-likeness (QED) is 0.0381. The van der Waals surface area contributed by atoms with Crippen LogP contribution in [0.3, 0.4) is 0 Å². The molecule has 2 fully saturated rings. The number of imidazole rings is 1. The molecule has 2 aliphatic rings. The van der Waals surface area contributed by atoms with Gasteiger partial charge in [0.2, 0.25) is 17.8 Å². The average Bonchev–Trinajstić information content (AvgIpc) is 3.71. The van der Waals surface area contributed by atoms with Gasteiger partial charge in [0.1, 0.15) is 35.4 Å². The van der Waals surface area contributed by atoms with Gasteiger partial charge in [0.15, 0.2) is 17.4 Å². The van der Waals surface area contributed by atoms with Crippen LogP contribution in [0, 0.1) is 6.92 Å². The molecular weight excluding hydrogens is 742 g/mol. The molecule has 0 unspecified atom stereocenters. The second-order valence-corrected chi connectivity index (χ2v) is 13.5. The number of aromatic amines is 1. The Kier molecular flexibility index (Phi) is 12.0. The third kappa shape index (κ3) is 8.57. The summed E-state index contributed by atoms with van der Waals surface area (Å²) < 4.78 is 12.5. The number of anilines is 4. The molecule has 20 nitrogen and oxygen atoms in total. The Morgan fingerprint density at radius 1 is 1.07 bits per heavy atom. The SMILES string of the molecule is COc1cc(Cl)c(C)cc1NCC(=O)N1CCN(C/C=C/C(=O)NCCNc2c(NC[C@H]3O[C@@H](n4cnc5c(=O)[nH]c(N)nc54)[C@H](O)[C@@H]3O)c(=O)c2=O)CC1. The molecule has 2 aliphatic heterocycles. The third-order valence-corrected chi connectivity index (χ3v) is 9.85. The van der Waals surface area contributed by atoms with Crippen LogP contribution in [0.25, 0.3) is 11.2 Å². The fourth-order valence-electron chi connectivity index (χ4n) is 6.36. The van der Waals surface area contributed by atoms with Gasteiger partial charge in [0, 0.05) is 69.5 Å². The van der Waals surface area contributed by atoms with E-state index in [1.165, 1.54) is 17.0 Å². The van der Waals surface area contributed by atoms with Crippen molar-refractivity contribution in [3.63, 3.8) is 0 Å². The molecular formula is C34H42ClN11O9. The number of nitrogens with two attached hydrogens (primary N) is 1. The molecule has 21 heteroatoms. The number of amides is 2. The van der Waals surface area contributed by atoms with Crippen LogP contribution >= 0.6 is 11.6 Å². The third-order valence-electron chi connectivity index (χ3n) is 9.45. The first-order chi connectivity index (χ1) is 26.4. The second-order valence-electron chi connectivity index (χ2n) is 13.1. The number of aryl methyl sites for hydroxylation is 1. The number of aliphatic hydroxyl groups is 2. The summed E-state index contributed by atoms with van der Waals surface area (Å²) in [6.07, 6.45) is -0.669. The number of fused-ring (bicyclic) bond motifs is 1. The number of carbonyl (C=O) groups is 2. The monoisotopic (exact) mass is 783 g/mol. The highest BCUT2D eigenvalue weighted by Gasteiger charge is 2.44. The standard InChI is InChI=1S/C34H42ClN11O9/c1-17-12-19(20(54-2)13-18(17)35)39-15-23(48)45-10-8-44(9-11-45)7-3-4-22(47)37-5-6-38-24-25(29(51)28(24)50)40-14-21-27(49)30(52)33(55-21)46-16-41-26-31(46)42-34(36)43-32(26)53/h3-4,12-13,16,21,27,30,33,38-40,49,52H,5-11,14-15H2,1-2H3,(H,37,47)(H3,36,42,43,53)/b4-3+/t21-,27-,30-,33-/m1/s1. The summed E-state index contributed by atoms with van der Waals surface area (Å²) in [4.78, 5) is 76.2. The van der Waals surface area contributed by atoms with Crippen molar-refractivity contribution in [2.75, 3.05) is 87.7 Å². The number of H-pyrrole nitrogens is 1. The van der Waals surface area contributed by atoms with E-state index in [0.29, 0.717) is 49.2 Å². The van der Waals surface area contributed by atoms with E-state index in [4.69, 9.17) is 26.8 Å². The van der Waals surface area contributed by atoms with Gasteiger partial charge in [-0.2, -0.15) is 4.98 Å². The molecule has 55 heavy (non-hydrogen) atoms. The van der Waals surface area contributed by atoms with Crippen LogP contribution in [0.15, 0.2) is 45.0 Å². The molecule has 4 heterocycles. The van der Waals surface area contributed by atoms with Crippen LogP contribution in [0.5, 0.6) is 5.75 Å². The number of piperazine rings is 1. The summed E-state index contributed by atoms with van der Waals surface area (Å²) in [5.41, 5.74) is 5.12. The van der Waals surface area contributed by atoms with Crippen LogP contribution in [0.4, 0.5) is 23.0 Å². The van der Waals surface area contributed by atoms with Gasteiger partial charge in [0.25, 0.3) is 16.4 Å². The maximum absolute atomic E-state index is 12.8. The Hall–Kier alpha value is -5.54. The topological polar surface area (TPSA) is 271 Å². The maximum Gasteiger partial charge on any atom is 0.280 e. The number of hydrogen-bond acceptors (Lipinski definition) is 16. The lowest BCUT2D eigenvalue weighted by atomic mass is 10.1. The lowest BCUT2D eigenvalue weighted by Gasteiger charge is -2.34. The van der Waals surface area contributed by atoms with Crippen molar-refractivity contribution in [3.05, 3.63) is 72.0 Å². The molecule has 4 aromatic rings. The number of ether oxygens (including phenoxy) is 2. The predicted molar refractivity (Wildman–Crippen MR) is 203 cm³/mol. The number of hydrogen-bond donors (Lipinski definition) is 8. The number of carbonyl (C=O) groups excluding carboxylic acids is 2. The highest BCUT2D eigenvalue weighted by atomic mass is 35.5. The Balaban J connectivity index is 0.891. The fourth-order valence-corrected chi connectivity index (χ4v) is 6.52. The van der Waals surface area contributed by atoms with Crippen molar-refractivity contribution in [1.82, 2.24) is 34.6 Å². The number of benzene rings is 1. The zero-order chi connectivity index (χ0) is 39.4. The van der Waals surface area contributed by atoms with Gasteiger partial charge in [-0.25, -0.2) is 4.98 Å². The molecule has 2 aromatic carbocycles. The highest BCUT2D eigenvalue weighted by molar-refractivity contribution is 6.31. The molecule has 2 saturated heterocycles. The fraction of sp³-hybridized carbons (Fsp3) is 0.441. The van der Waals surface area contributed by atoms with Crippen molar-refractivity contribution >= 4 is 57.6 Å². The molecule has 0 radical (unpaired) electrons. The van der Waals surface area contributed by atoms with Gasteiger partial charge in [-0.15, -0.1) is 0 Å². The highest BCUT2D eigenvalue weighted by Crippen LogP contribution is 2.32. The van der Waals surface area contributed by atoms with Crippen LogP contribution in [0.2, 0.25) is 5.02 Å². The number of halogens is 1. The normalized spacial score (nSPS) is 20.3. The Morgan fingerprint density at radius 3 is 2.53 bits per heavy atom. The minimum absolute atomic E-state index is 0.0195. The lowest BCUT2D eigenvalue weighted by Crippen LogP contribution is -2.50. The van der Waals surface area contributed by atoms with E-state index in [9.17, 15) is 34.2 Å². The summed E-state index contributed by atoms with van der Waals surface area (Å²) in [7, 11) is 1.54. The van der Waals surface area contributed by atoms with E-state index in [2.05, 4.69) is 41.1 Å². The van der Waals surface area contributed by atoms with Gasteiger partial charge >= 0.3 is 0 Å². The van der Waals surface area contributed by atoms with Crippen molar-refractivity contribution in [1.29, 1.82) is 0 Å². The summed E-state index contributed by atoms with van der Waals surface area (Å²) >= 11 is 6.17. The molecule has 4 atom stereocenters. The molecule has 2 amide bonds. The van der Waals surface area contributed by atoms with Gasteiger partial charge in [-0.05, 0) is 18.6 Å². The molecule has 6 rings (SSSR count). The minimum Gasteiger partial charge on any atom is -0.495 e. The molecule has 294 valence electrons. The van der Waals surface area contributed by atoms with Crippen LogP contribution in [-0.4, -0.2) is 136 Å². The van der Waals surface area contributed by atoms with E-state index in [-0.39, 0.29) is 66.5 Å². The van der Waals surface area contributed by atoms with Gasteiger partial charge in [-0.3, -0.25) is 38.4 Å². The van der Waals surface area contributed by atoms with Crippen LogP contribution in [0.1, 0.15) is 11.8 Å². The van der Waals surface area contributed by atoms with Crippen molar-refractivity contribution < 1.29 is 29.3 Å². The van der Waals surface area contributed by atoms with E-state index in [0.717, 1.165) is 5.56 Å². The van der Waals surface area contributed by atoms with Crippen LogP contribution in [-0.2, 0) is 14.3 Å². The first-order valence-corrected chi connectivity index (χ1v) is 17.8. The first kappa shape index (κ1) is 39.2. The zero-order valence-electron chi connectivity index (χ0n) is 30.0. The van der Waals surface area contributed by atoms with Gasteiger partial charge < -0.3 is 51.6 Å². The summed E-state index contributed by atoms with van der Waals surface area (Å²) in [5.74, 6) is 0.0110. The number of rotatable bonds is 15. The zero-order valence-corrected chi connectivity index (χ0v) is 30.8.